The Bertz CT molecular complexity index is 820. The molecule has 4 aliphatic rings. The molecule has 0 aromatic heterocycles. The summed E-state index contributed by atoms with van der Waals surface area (Å²) in [5, 5.41) is 0. The zero-order valence-electron chi connectivity index (χ0n) is 17.8. The van der Waals surface area contributed by atoms with Crippen LogP contribution in [0, 0.1) is 28.6 Å². The van der Waals surface area contributed by atoms with E-state index in [2.05, 4.69) is 26.8 Å². The van der Waals surface area contributed by atoms with Crippen molar-refractivity contribution in [3.8, 4) is 0 Å². The Balaban J connectivity index is 1.79. The minimum absolute atomic E-state index is 0.0160. The minimum atomic E-state index is -0.990. The predicted molar refractivity (Wildman–Crippen MR) is 106 cm³/mol. The van der Waals surface area contributed by atoms with E-state index in [9.17, 15) is 14.4 Å². The first-order chi connectivity index (χ1) is 13.0. The van der Waals surface area contributed by atoms with E-state index in [0.29, 0.717) is 30.6 Å². The van der Waals surface area contributed by atoms with Crippen molar-refractivity contribution >= 4 is 17.5 Å². The van der Waals surface area contributed by atoms with E-state index >= 15 is 0 Å². The summed E-state index contributed by atoms with van der Waals surface area (Å²) in [6.07, 6.45) is 9.20. The zero-order chi connectivity index (χ0) is 20.5. The molecule has 0 unspecified atom stereocenters. The molecular weight excluding hydrogens is 352 g/mol. The van der Waals surface area contributed by atoms with Gasteiger partial charge in [-0.05, 0) is 80.8 Å². The molecule has 0 aromatic carbocycles. The average molecular weight is 385 g/mol. The summed E-state index contributed by atoms with van der Waals surface area (Å²) in [5.41, 5.74) is 1.15. The van der Waals surface area contributed by atoms with Crippen molar-refractivity contribution in [2.75, 3.05) is 0 Å². The molecule has 0 heterocycles. The van der Waals surface area contributed by atoms with Gasteiger partial charge < -0.3 is 4.74 Å². The first-order valence-electron chi connectivity index (χ1n) is 10.7. The van der Waals surface area contributed by atoms with E-state index in [4.69, 9.17) is 4.74 Å². The summed E-state index contributed by atoms with van der Waals surface area (Å²) in [7, 11) is 0. The number of rotatable bonds is 2. The number of esters is 1. The van der Waals surface area contributed by atoms with Gasteiger partial charge in [0.1, 0.15) is 0 Å². The maximum atomic E-state index is 12.8. The van der Waals surface area contributed by atoms with Gasteiger partial charge in [0.15, 0.2) is 17.2 Å². The van der Waals surface area contributed by atoms with Crippen LogP contribution in [-0.2, 0) is 19.1 Å². The van der Waals surface area contributed by atoms with Crippen molar-refractivity contribution < 1.29 is 19.1 Å². The molecule has 152 valence electrons. The smallest absolute Gasteiger partial charge is 0.303 e. The molecule has 0 amide bonds. The zero-order valence-corrected chi connectivity index (χ0v) is 17.8. The van der Waals surface area contributed by atoms with Crippen LogP contribution in [0.1, 0.15) is 73.1 Å². The quantitative estimate of drug-likeness (QED) is 0.654. The highest BCUT2D eigenvalue weighted by Gasteiger charge is 2.67. The molecule has 0 radical (unpaired) electrons. The molecule has 4 nitrogen and oxygen atoms in total. The van der Waals surface area contributed by atoms with Gasteiger partial charge in [-0.3, -0.25) is 14.4 Å². The summed E-state index contributed by atoms with van der Waals surface area (Å²) >= 11 is 0. The number of hydrogen-bond donors (Lipinski definition) is 0. The third-order valence-electron chi connectivity index (χ3n) is 8.84. The second kappa shape index (κ2) is 6.14. The number of fused-ring (bicyclic) bond motifs is 5. The number of ketones is 2. The van der Waals surface area contributed by atoms with Crippen molar-refractivity contribution in [2.45, 2.75) is 78.7 Å². The topological polar surface area (TPSA) is 60.4 Å². The van der Waals surface area contributed by atoms with Crippen LogP contribution >= 0.6 is 0 Å². The molecule has 0 N–H and O–H groups in total. The molecule has 0 bridgehead atoms. The monoisotopic (exact) mass is 384 g/mol. The maximum Gasteiger partial charge on any atom is 0.303 e. The van der Waals surface area contributed by atoms with Crippen molar-refractivity contribution in [1.82, 2.24) is 0 Å². The maximum absolute atomic E-state index is 12.8. The third kappa shape index (κ3) is 2.39. The average Bonchev–Trinajstić information content (AvgIpc) is 2.90. The van der Waals surface area contributed by atoms with Crippen molar-refractivity contribution in [3.05, 3.63) is 23.3 Å². The SMILES string of the molecule is CC(=O)O[C@@]1(C(C)=O)CC[C@@H]2[C@H]3C=C(C)C4=CC(=O)CC[C@]4(C)[C@@H]3CC[C@@]21C. The number of allylic oxidation sites excluding steroid dienone is 4. The van der Waals surface area contributed by atoms with Crippen molar-refractivity contribution in [3.63, 3.8) is 0 Å². The van der Waals surface area contributed by atoms with Crippen LogP contribution in [0.25, 0.3) is 0 Å². The lowest BCUT2D eigenvalue weighted by atomic mass is 9.47. The molecule has 4 heteroatoms. The standard InChI is InChI=1S/C24H32O4/c1-14-12-18-19(22(4)9-6-17(27)13-21(14)22)7-10-23(5)20(18)8-11-24(23,15(2)25)28-16(3)26/h12-13,18-20H,6-11H2,1-5H3/t18-,19+,20+,22+,23-,24+/m0/s1. The number of hydrogen-bond acceptors (Lipinski definition) is 4. The Morgan fingerprint density at radius 1 is 1.07 bits per heavy atom. The number of carbonyl (C=O) groups is 3. The van der Waals surface area contributed by atoms with Crippen LogP contribution in [0.3, 0.4) is 0 Å². The van der Waals surface area contributed by atoms with Crippen molar-refractivity contribution in [1.29, 1.82) is 0 Å². The third-order valence-corrected chi connectivity index (χ3v) is 8.84. The van der Waals surface area contributed by atoms with E-state index in [1.54, 1.807) is 6.92 Å². The van der Waals surface area contributed by atoms with Gasteiger partial charge in [0.05, 0.1) is 0 Å². The van der Waals surface area contributed by atoms with Crippen molar-refractivity contribution in [2.24, 2.45) is 28.6 Å². The largest absolute Gasteiger partial charge is 0.451 e. The highest BCUT2D eigenvalue weighted by atomic mass is 16.6. The van der Waals surface area contributed by atoms with E-state index < -0.39 is 5.60 Å². The number of Topliss-reactive ketones (excluding diaryl/α,β-unsaturated/α-hetero) is 1. The van der Waals surface area contributed by atoms with Crippen LogP contribution in [0.4, 0.5) is 0 Å². The minimum Gasteiger partial charge on any atom is -0.451 e. The Labute approximate surface area is 167 Å². The Morgan fingerprint density at radius 2 is 1.75 bits per heavy atom. The normalized spacial score (nSPS) is 44.6. The van der Waals surface area contributed by atoms with Crippen LogP contribution in [0.2, 0.25) is 0 Å². The van der Waals surface area contributed by atoms with Gasteiger partial charge >= 0.3 is 5.97 Å². The first-order valence-corrected chi connectivity index (χ1v) is 10.7. The molecule has 4 aliphatic carbocycles. The molecule has 0 saturated heterocycles. The molecule has 2 fully saturated rings. The fraction of sp³-hybridized carbons (Fsp3) is 0.708. The molecular formula is C24H32O4. The van der Waals surface area contributed by atoms with Gasteiger partial charge in [0, 0.05) is 18.8 Å². The molecule has 0 aromatic rings. The van der Waals surface area contributed by atoms with Crippen LogP contribution < -0.4 is 0 Å². The summed E-state index contributed by atoms with van der Waals surface area (Å²) in [6.45, 7) is 9.63. The summed E-state index contributed by atoms with van der Waals surface area (Å²) in [5.74, 6) is 1.03. The van der Waals surface area contributed by atoms with E-state index in [1.807, 2.05) is 6.08 Å². The molecule has 0 spiro atoms. The predicted octanol–water partition coefficient (Wildman–Crippen LogP) is 4.58. The summed E-state index contributed by atoms with van der Waals surface area (Å²) in [4.78, 5) is 36.8. The fourth-order valence-electron chi connectivity index (χ4n) is 7.48. The van der Waals surface area contributed by atoms with Gasteiger partial charge in [-0.15, -0.1) is 0 Å². The number of carbonyl (C=O) groups excluding carboxylic acids is 3. The molecule has 0 aliphatic heterocycles. The highest BCUT2D eigenvalue weighted by molar-refractivity contribution is 5.92. The molecule has 6 atom stereocenters. The van der Waals surface area contributed by atoms with Gasteiger partial charge in [0.2, 0.25) is 0 Å². The van der Waals surface area contributed by atoms with E-state index in [0.717, 1.165) is 25.7 Å². The van der Waals surface area contributed by atoms with Gasteiger partial charge in [0.25, 0.3) is 0 Å². The number of ether oxygens (including phenoxy) is 1. The van der Waals surface area contributed by atoms with Crippen LogP contribution in [0.5, 0.6) is 0 Å². The van der Waals surface area contributed by atoms with Gasteiger partial charge in [-0.1, -0.05) is 25.5 Å². The Hall–Kier alpha value is -1.71. The second-order valence-corrected chi connectivity index (χ2v) is 10.1. The van der Waals surface area contributed by atoms with Crippen LogP contribution in [-0.4, -0.2) is 23.1 Å². The first kappa shape index (κ1) is 19.6. The molecule has 2 saturated carbocycles. The summed E-state index contributed by atoms with van der Waals surface area (Å²) in [6, 6.07) is 0. The van der Waals surface area contributed by atoms with Gasteiger partial charge in [-0.25, -0.2) is 0 Å². The fourth-order valence-corrected chi connectivity index (χ4v) is 7.48. The molecule has 4 rings (SSSR count). The Kier molecular flexibility index (Phi) is 4.30. The van der Waals surface area contributed by atoms with E-state index in [1.165, 1.54) is 18.1 Å². The Morgan fingerprint density at radius 3 is 2.39 bits per heavy atom. The lowest BCUT2D eigenvalue weighted by Gasteiger charge is -2.58. The van der Waals surface area contributed by atoms with Gasteiger partial charge in [-0.2, -0.15) is 0 Å². The lowest BCUT2D eigenvalue weighted by Crippen LogP contribution is -2.58. The van der Waals surface area contributed by atoms with E-state index in [-0.39, 0.29) is 28.4 Å². The van der Waals surface area contributed by atoms with Crippen LogP contribution in [0.15, 0.2) is 23.3 Å². The lowest BCUT2D eigenvalue weighted by molar-refractivity contribution is -0.185. The molecule has 28 heavy (non-hydrogen) atoms. The highest BCUT2D eigenvalue weighted by Crippen LogP contribution is 2.67. The second-order valence-electron chi connectivity index (χ2n) is 10.1. The summed E-state index contributed by atoms with van der Waals surface area (Å²) < 4.78 is 5.82.